The summed E-state index contributed by atoms with van der Waals surface area (Å²) < 4.78 is 0. The summed E-state index contributed by atoms with van der Waals surface area (Å²) in [5, 5.41) is 11.7. The van der Waals surface area contributed by atoms with Crippen LogP contribution in [0, 0.1) is 5.41 Å². The van der Waals surface area contributed by atoms with Gasteiger partial charge in [0.2, 0.25) is 0 Å². The molecule has 0 saturated carbocycles. The van der Waals surface area contributed by atoms with Crippen LogP contribution in [0.4, 0.5) is 0 Å². The number of carboxylic acid groups (broad SMARTS) is 1. The highest BCUT2D eigenvalue weighted by Crippen LogP contribution is 2.32. The molecule has 0 aliphatic heterocycles. The number of rotatable bonds is 3. The largest absolute Gasteiger partial charge is 0.481 e. The van der Waals surface area contributed by atoms with Gasteiger partial charge in [0.25, 0.3) is 0 Å². The minimum absolute atomic E-state index is 0.00526. The molecule has 100 valence electrons. The molecule has 2 aromatic carbocycles. The van der Waals surface area contributed by atoms with Crippen LogP contribution in [0.25, 0.3) is 10.8 Å². The SMILES string of the molecule is CC(C)(C)CC(C(=O)O)c1ccc2ccccc2c1. The number of carbonyl (C=O) groups is 1. The van der Waals surface area contributed by atoms with E-state index >= 15 is 0 Å². The first kappa shape index (κ1) is 13.6. The Labute approximate surface area is 114 Å². The maximum atomic E-state index is 11.5. The zero-order valence-corrected chi connectivity index (χ0v) is 11.7. The molecule has 0 aliphatic rings. The third-order valence-electron chi connectivity index (χ3n) is 3.29. The first-order valence-corrected chi connectivity index (χ1v) is 6.58. The second-order valence-electron chi connectivity index (χ2n) is 6.26. The van der Waals surface area contributed by atoms with Gasteiger partial charge in [-0.1, -0.05) is 63.2 Å². The fraction of sp³-hybridized carbons (Fsp3) is 0.353. The summed E-state index contributed by atoms with van der Waals surface area (Å²) in [5.41, 5.74) is 0.885. The first-order chi connectivity index (χ1) is 8.87. The lowest BCUT2D eigenvalue weighted by atomic mass is 9.81. The number of fused-ring (bicyclic) bond motifs is 1. The van der Waals surface area contributed by atoms with Gasteiger partial charge >= 0.3 is 5.97 Å². The molecule has 2 heteroatoms. The third-order valence-corrected chi connectivity index (χ3v) is 3.29. The Morgan fingerprint density at radius 2 is 1.74 bits per heavy atom. The van der Waals surface area contributed by atoms with Gasteiger partial charge in [0.1, 0.15) is 0 Å². The van der Waals surface area contributed by atoms with Crippen molar-refractivity contribution in [2.45, 2.75) is 33.1 Å². The number of hydrogen-bond donors (Lipinski definition) is 1. The minimum Gasteiger partial charge on any atom is -0.481 e. The molecule has 2 aromatic rings. The van der Waals surface area contributed by atoms with Crippen LogP contribution >= 0.6 is 0 Å². The van der Waals surface area contributed by atoms with Crippen LogP contribution < -0.4 is 0 Å². The predicted octanol–water partition coefficient (Wildman–Crippen LogP) is 4.44. The van der Waals surface area contributed by atoms with Crippen molar-refractivity contribution < 1.29 is 9.90 Å². The summed E-state index contributed by atoms with van der Waals surface area (Å²) in [6.45, 7) is 6.22. The van der Waals surface area contributed by atoms with E-state index in [0.29, 0.717) is 6.42 Å². The molecule has 0 aliphatic carbocycles. The zero-order chi connectivity index (χ0) is 14.0. The molecular weight excluding hydrogens is 236 g/mol. The van der Waals surface area contributed by atoms with Crippen molar-refractivity contribution in [1.29, 1.82) is 0 Å². The highest BCUT2D eigenvalue weighted by atomic mass is 16.4. The van der Waals surface area contributed by atoms with Crippen LogP contribution in [0.3, 0.4) is 0 Å². The zero-order valence-electron chi connectivity index (χ0n) is 11.7. The molecular formula is C17H20O2. The standard InChI is InChI=1S/C17H20O2/c1-17(2,3)11-15(16(18)19)14-9-8-12-6-4-5-7-13(12)10-14/h4-10,15H,11H2,1-3H3,(H,18,19). The van der Waals surface area contributed by atoms with Gasteiger partial charge in [-0.3, -0.25) is 4.79 Å². The molecule has 0 spiro atoms. The number of carboxylic acids is 1. The summed E-state index contributed by atoms with van der Waals surface area (Å²) in [6.07, 6.45) is 0.640. The Morgan fingerprint density at radius 1 is 1.11 bits per heavy atom. The molecule has 2 nitrogen and oxygen atoms in total. The van der Waals surface area contributed by atoms with Crippen molar-refractivity contribution in [1.82, 2.24) is 0 Å². The van der Waals surface area contributed by atoms with Gasteiger partial charge < -0.3 is 5.11 Å². The molecule has 0 fully saturated rings. The maximum Gasteiger partial charge on any atom is 0.310 e. The molecule has 0 amide bonds. The summed E-state index contributed by atoms with van der Waals surface area (Å²) in [5.74, 6) is -1.19. The second kappa shape index (κ2) is 5.04. The Morgan fingerprint density at radius 3 is 2.32 bits per heavy atom. The van der Waals surface area contributed by atoms with E-state index < -0.39 is 11.9 Å². The van der Waals surface area contributed by atoms with Crippen molar-refractivity contribution in [3.05, 3.63) is 48.0 Å². The van der Waals surface area contributed by atoms with Crippen molar-refractivity contribution in [2.24, 2.45) is 5.41 Å². The fourth-order valence-electron chi connectivity index (χ4n) is 2.38. The Balaban J connectivity index is 2.42. The van der Waals surface area contributed by atoms with E-state index in [0.717, 1.165) is 16.3 Å². The normalized spacial score (nSPS) is 13.4. The predicted molar refractivity (Wildman–Crippen MR) is 78.4 cm³/mol. The van der Waals surface area contributed by atoms with Crippen molar-refractivity contribution in [2.75, 3.05) is 0 Å². The van der Waals surface area contributed by atoms with Crippen LogP contribution in [-0.4, -0.2) is 11.1 Å². The van der Waals surface area contributed by atoms with Gasteiger partial charge in [-0.15, -0.1) is 0 Å². The van der Waals surface area contributed by atoms with Gasteiger partial charge in [0.05, 0.1) is 5.92 Å². The van der Waals surface area contributed by atoms with Gasteiger partial charge in [0, 0.05) is 0 Å². The molecule has 1 N–H and O–H groups in total. The van der Waals surface area contributed by atoms with E-state index in [2.05, 4.69) is 20.8 Å². The topological polar surface area (TPSA) is 37.3 Å². The van der Waals surface area contributed by atoms with Crippen molar-refractivity contribution in [3.63, 3.8) is 0 Å². The van der Waals surface area contributed by atoms with Gasteiger partial charge in [-0.2, -0.15) is 0 Å². The quantitative estimate of drug-likeness (QED) is 0.881. The third kappa shape index (κ3) is 3.34. The van der Waals surface area contributed by atoms with Gasteiger partial charge in [0.15, 0.2) is 0 Å². The van der Waals surface area contributed by atoms with E-state index in [1.807, 2.05) is 42.5 Å². The van der Waals surface area contributed by atoms with E-state index in [9.17, 15) is 9.90 Å². The van der Waals surface area contributed by atoms with Crippen molar-refractivity contribution in [3.8, 4) is 0 Å². The van der Waals surface area contributed by atoms with E-state index in [-0.39, 0.29) is 5.41 Å². The van der Waals surface area contributed by atoms with E-state index in [1.165, 1.54) is 0 Å². The second-order valence-corrected chi connectivity index (χ2v) is 6.26. The lowest BCUT2D eigenvalue weighted by Crippen LogP contribution is -2.19. The van der Waals surface area contributed by atoms with E-state index in [1.54, 1.807) is 0 Å². The van der Waals surface area contributed by atoms with Crippen LogP contribution in [-0.2, 0) is 4.79 Å². The number of hydrogen-bond acceptors (Lipinski definition) is 1. The van der Waals surface area contributed by atoms with Crippen molar-refractivity contribution >= 4 is 16.7 Å². The molecule has 0 radical (unpaired) electrons. The summed E-state index contributed by atoms with van der Waals surface area (Å²) in [6, 6.07) is 14.0. The minimum atomic E-state index is -0.745. The smallest absolute Gasteiger partial charge is 0.310 e. The molecule has 1 unspecified atom stereocenters. The lowest BCUT2D eigenvalue weighted by molar-refractivity contribution is -0.139. The Kier molecular flexibility index (Phi) is 3.61. The summed E-state index contributed by atoms with van der Waals surface area (Å²) in [7, 11) is 0. The molecule has 0 bridgehead atoms. The maximum absolute atomic E-state index is 11.5. The molecule has 2 rings (SSSR count). The van der Waals surface area contributed by atoms with Crippen LogP contribution in [0.5, 0.6) is 0 Å². The van der Waals surface area contributed by atoms with Crippen LogP contribution in [0.15, 0.2) is 42.5 Å². The Hall–Kier alpha value is -1.83. The molecule has 0 aromatic heterocycles. The monoisotopic (exact) mass is 256 g/mol. The lowest BCUT2D eigenvalue weighted by Gasteiger charge is -2.23. The molecule has 19 heavy (non-hydrogen) atoms. The molecule has 0 saturated heterocycles. The number of aliphatic carboxylic acids is 1. The summed E-state index contributed by atoms with van der Waals surface area (Å²) >= 11 is 0. The average Bonchev–Trinajstić information content (AvgIpc) is 2.34. The van der Waals surface area contributed by atoms with E-state index in [4.69, 9.17) is 0 Å². The molecule has 1 atom stereocenters. The van der Waals surface area contributed by atoms with Crippen LogP contribution in [0.2, 0.25) is 0 Å². The van der Waals surface area contributed by atoms with Gasteiger partial charge in [-0.25, -0.2) is 0 Å². The molecule has 0 heterocycles. The Bertz CT molecular complexity index is 593. The first-order valence-electron chi connectivity index (χ1n) is 6.58. The van der Waals surface area contributed by atoms with Gasteiger partial charge in [-0.05, 0) is 28.2 Å². The fourth-order valence-corrected chi connectivity index (χ4v) is 2.38. The average molecular weight is 256 g/mol. The highest BCUT2D eigenvalue weighted by Gasteiger charge is 2.26. The highest BCUT2D eigenvalue weighted by molar-refractivity contribution is 5.85. The summed E-state index contributed by atoms with van der Waals surface area (Å²) in [4.78, 5) is 11.5. The van der Waals surface area contributed by atoms with Crippen LogP contribution in [0.1, 0.15) is 38.7 Å². The number of benzene rings is 2.